The molecule has 1 heterocycles. The zero-order valence-corrected chi connectivity index (χ0v) is 14.3. The summed E-state index contributed by atoms with van der Waals surface area (Å²) in [5.74, 6) is 0.740. The highest BCUT2D eigenvalue weighted by Crippen LogP contribution is 2.21. The lowest BCUT2D eigenvalue weighted by Gasteiger charge is -2.36. The smallest absolute Gasteiger partial charge is 0.0208 e. The number of nitrogens with one attached hydrogen (secondary N) is 1. The summed E-state index contributed by atoms with van der Waals surface area (Å²) in [6, 6.07) is 20.3. The van der Waals surface area contributed by atoms with Gasteiger partial charge in [0.2, 0.25) is 0 Å². The van der Waals surface area contributed by atoms with Gasteiger partial charge >= 0.3 is 0 Å². The van der Waals surface area contributed by atoms with Crippen LogP contribution in [0.5, 0.6) is 0 Å². The Morgan fingerprint density at radius 1 is 0.957 bits per heavy atom. The van der Waals surface area contributed by atoms with Gasteiger partial charge in [-0.15, -0.1) is 0 Å². The average Bonchev–Trinajstić information content (AvgIpc) is 2.56. The molecule has 0 amide bonds. The molecule has 0 radical (unpaired) electrons. The molecule has 1 N–H and O–H groups in total. The minimum atomic E-state index is 0.587. The van der Waals surface area contributed by atoms with Crippen molar-refractivity contribution in [1.82, 2.24) is 10.2 Å². The highest BCUT2D eigenvalue weighted by atomic mass is 15.1. The Hall–Kier alpha value is -1.64. The molecular weight excluding hydrogens is 280 g/mol. The van der Waals surface area contributed by atoms with Crippen molar-refractivity contribution in [3.63, 3.8) is 0 Å². The van der Waals surface area contributed by atoms with Crippen LogP contribution in [0.1, 0.15) is 23.1 Å². The molecule has 2 heteroatoms. The lowest BCUT2D eigenvalue weighted by Crippen LogP contribution is -2.47. The number of benzene rings is 2. The molecule has 1 aliphatic rings. The normalized spacial score (nSPS) is 22.2. The minimum absolute atomic E-state index is 0.587. The van der Waals surface area contributed by atoms with Gasteiger partial charge < -0.3 is 10.2 Å². The topological polar surface area (TPSA) is 15.3 Å². The molecule has 1 aliphatic heterocycles. The number of hydrogen-bond donors (Lipinski definition) is 1. The van der Waals surface area contributed by atoms with E-state index in [0.717, 1.165) is 19.0 Å². The van der Waals surface area contributed by atoms with Crippen molar-refractivity contribution in [2.45, 2.75) is 32.4 Å². The largest absolute Gasteiger partial charge is 0.309 e. The quantitative estimate of drug-likeness (QED) is 0.907. The van der Waals surface area contributed by atoms with E-state index in [1.54, 1.807) is 0 Å². The van der Waals surface area contributed by atoms with Crippen LogP contribution in [0.25, 0.3) is 0 Å². The molecule has 2 unspecified atom stereocenters. The molecule has 3 rings (SSSR count). The number of rotatable bonds is 5. The Morgan fingerprint density at radius 3 is 2.43 bits per heavy atom. The SMILES string of the molecule is Cc1ccc(CC2CC(NCc3ccccc3)CN(C)C2)cc1. The summed E-state index contributed by atoms with van der Waals surface area (Å²) < 4.78 is 0. The third kappa shape index (κ3) is 4.92. The summed E-state index contributed by atoms with van der Waals surface area (Å²) in [5.41, 5.74) is 4.19. The zero-order chi connectivity index (χ0) is 16.1. The van der Waals surface area contributed by atoms with E-state index >= 15 is 0 Å². The van der Waals surface area contributed by atoms with Gasteiger partial charge in [0.25, 0.3) is 0 Å². The second kappa shape index (κ2) is 7.76. The van der Waals surface area contributed by atoms with E-state index < -0.39 is 0 Å². The van der Waals surface area contributed by atoms with Gasteiger partial charge in [0, 0.05) is 25.7 Å². The molecule has 0 spiro atoms. The third-order valence-electron chi connectivity index (χ3n) is 4.80. The van der Waals surface area contributed by atoms with Crippen LogP contribution >= 0.6 is 0 Å². The van der Waals surface area contributed by atoms with Crippen LogP contribution in [0.2, 0.25) is 0 Å². The summed E-state index contributed by atoms with van der Waals surface area (Å²) >= 11 is 0. The van der Waals surface area contributed by atoms with E-state index in [-0.39, 0.29) is 0 Å². The summed E-state index contributed by atoms with van der Waals surface area (Å²) in [4.78, 5) is 2.48. The van der Waals surface area contributed by atoms with E-state index in [0.29, 0.717) is 6.04 Å². The number of hydrogen-bond acceptors (Lipinski definition) is 2. The fourth-order valence-electron chi connectivity index (χ4n) is 3.65. The number of nitrogens with zero attached hydrogens (tertiary/aromatic N) is 1. The Labute approximate surface area is 140 Å². The van der Waals surface area contributed by atoms with Crippen LogP contribution in [0.3, 0.4) is 0 Å². The maximum atomic E-state index is 3.75. The van der Waals surface area contributed by atoms with Gasteiger partial charge in [0.15, 0.2) is 0 Å². The standard InChI is InChI=1S/C21H28N2/c1-17-8-10-18(11-9-17)12-20-13-21(16-23(2)15-20)22-14-19-6-4-3-5-7-19/h3-11,20-22H,12-16H2,1-2H3. The molecule has 0 aromatic heterocycles. The Kier molecular flexibility index (Phi) is 5.47. The second-order valence-corrected chi connectivity index (χ2v) is 7.08. The first kappa shape index (κ1) is 16.2. The van der Waals surface area contributed by atoms with Crippen molar-refractivity contribution in [2.75, 3.05) is 20.1 Å². The van der Waals surface area contributed by atoms with Crippen LogP contribution in [0, 0.1) is 12.8 Å². The van der Waals surface area contributed by atoms with Gasteiger partial charge in [0.05, 0.1) is 0 Å². The first-order valence-corrected chi connectivity index (χ1v) is 8.70. The Bertz CT molecular complexity index is 591. The van der Waals surface area contributed by atoms with Crippen molar-refractivity contribution in [3.05, 3.63) is 71.3 Å². The van der Waals surface area contributed by atoms with Crippen molar-refractivity contribution < 1.29 is 0 Å². The van der Waals surface area contributed by atoms with Crippen LogP contribution < -0.4 is 5.32 Å². The lowest BCUT2D eigenvalue weighted by atomic mass is 9.88. The van der Waals surface area contributed by atoms with Crippen molar-refractivity contribution in [3.8, 4) is 0 Å². The van der Waals surface area contributed by atoms with Gasteiger partial charge in [-0.2, -0.15) is 0 Å². The predicted molar refractivity (Wildman–Crippen MR) is 97.6 cm³/mol. The van der Waals surface area contributed by atoms with E-state index in [1.807, 2.05) is 0 Å². The van der Waals surface area contributed by atoms with Crippen molar-refractivity contribution in [2.24, 2.45) is 5.92 Å². The molecule has 1 saturated heterocycles. The second-order valence-electron chi connectivity index (χ2n) is 7.08. The Morgan fingerprint density at radius 2 is 1.70 bits per heavy atom. The van der Waals surface area contributed by atoms with Crippen LogP contribution in [-0.4, -0.2) is 31.1 Å². The molecular formula is C21H28N2. The van der Waals surface area contributed by atoms with Gasteiger partial charge in [-0.1, -0.05) is 60.2 Å². The Balaban J connectivity index is 1.55. The summed E-state index contributed by atoms with van der Waals surface area (Å²) in [7, 11) is 2.25. The summed E-state index contributed by atoms with van der Waals surface area (Å²) in [5, 5.41) is 3.75. The summed E-state index contributed by atoms with van der Waals surface area (Å²) in [6.07, 6.45) is 2.46. The van der Waals surface area contributed by atoms with Crippen LogP contribution in [-0.2, 0) is 13.0 Å². The van der Waals surface area contributed by atoms with Crippen molar-refractivity contribution >= 4 is 0 Å². The highest BCUT2D eigenvalue weighted by Gasteiger charge is 2.25. The first-order valence-electron chi connectivity index (χ1n) is 8.70. The zero-order valence-electron chi connectivity index (χ0n) is 14.3. The molecule has 1 fully saturated rings. The molecule has 0 aliphatic carbocycles. The molecule has 2 atom stereocenters. The van der Waals surface area contributed by atoms with E-state index in [1.165, 1.54) is 36.1 Å². The first-order chi connectivity index (χ1) is 11.2. The monoisotopic (exact) mass is 308 g/mol. The molecule has 122 valence electrons. The molecule has 23 heavy (non-hydrogen) atoms. The maximum absolute atomic E-state index is 3.75. The molecule has 0 saturated carbocycles. The molecule has 2 aromatic rings. The number of piperidine rings is 1. The molecule has 2 nitrogen and oxygen atoms in total. The maximum Gasteiger partial charge on any atom is 0.0208 e. The minimum Gasteiger partial charge on any atom is -0.309 e. The average molecular weight is 308 g/mol. The van der Waals surface area contributed by atoms with Gasteiger partial charge in [-0.3, -0.25) is 0 Å². The fraction of sp³-hybridized carbons (Fsp3) is 0.429. The van der Waals surface area contributed by atoms with Gasteiger partial charge in [-0.25, -0.2) is 0 Å². The third-order valence-corrected chi connectivity index (χ3v) is 4.80. The number of aryl methyl sites for hydroxylation is 1. The van der Waals surface area contributed by atoms with Gasteiger partial charge in [0.1, 0.15) is 0 Å². The van der Waals surface area contributed by atoms with E-state index in [4.69, 9.17) is 0 Å². The highest BCUT2D eigenvalue weighted by molar-refractivity contribution is 5.22. The predicted octanol–water partition coefficient (Wildman–Crippen LogP) is 3.65. The van der Waals surface area contributed by atoms with Crippen molar-refractivity contribution in [1.29, 1.82) is 0 Å². The van der Waals surface area contributed by atoms with Crippen LogP contribution in [0.4, 0.5) is 0 Å². The number of likely N-dealkylation sites (tertiary alicyclic amines) is 1. The van der Waals surface area contributed by atoms with Gasteiger partial charge in [-0.05, 0) is 43.9 Å². The molecule has 2 aromatic carbocycles. The molecule has 0 bridgehead atoms. The fourth-order valence-corrected chi connectivity index (χ4v) is 3.65. The summed E-state index contributed by atoms with van der Waals surface area (Å²) in [6.45, 7) is 5.48. The van der Waals surface area contributed by atoms with E-state index in [2.05, 4.69) is 78.8 Å². The van der Waals surface area contributed by atoms with E-state index in [9.17, 15) is 0 Å². The van der Waals surface area contributed by atoms with Crippen LogP contribution in [0.15, 0.2) is 54.6 Å². The lowest BCUT2D eigenvalue weighted by molar-refractivity contribution is 0.168. The number of likely N-dealkylation sites (N-methyl/N-ethyl adjacent to an activating group) is 1.